The fourth-order valence-electron chi connectivity index (χ4n) is 5.22. The van der Waals surface area contributed by atoms with E-state index in [-0.39, 0.29) is 17.1 Å². The number of benzene rings is 1. The number of ketones is 1. The number of likely N-dealkylation sites (tertiary alicyclic amines) is 1. The fourth-order valence-corrected chi connectivity index (χ4v) is 5.22. The summed E-state index contributed by atoms with van der Waals surface area (Å²) in [5.41, 5.74) is 0.436. The Morgan fingerprint density at radius 3 is 2.31 bits per heavy atom. The van der Waals surface area contributed by atoms with Gasteiger partial charge in [0.2, 0.25) is 5.91 Å². The molecule has 0 N–H and O–H groups in total. The van der Waals surface area contributed by atoms with E-state index in [2.05, 4.69) is 42.3 Å². The van der Waals surface area contributed by atoms with E-state index in [9.17, 15) is 9.59 Å². The lowest BCUT2D eigenvalue weighted by Gasteiger charge is -2.49. The SMILES string of the molecule is CCN1CC2(CCC(N(C)Cc3ccccc3)CC2)C(=O)C2(CC2)C1=O. The van der Waals surface area contributed by atoms with Gasteiger partial charge in [-0.15, -0.1) is 0 Å². The molecule has 2 spiro atoms. The standard InChI is InChI=1S/C22H30N2O2/c1-3-24-16-21(19(25)22(13-14-22)20(24)26)11-9-18(10-12-21)23(2)15-17-7-5-4-6-8-17/h4-8,18H,3,9-16H2,1-2H3. The lowest BCUT2D eigenvalue weighted by molar-refractivity contribution is -0.159. The summed E-state index contributed by atoms with van der Waals surface area (Å²) < 4.78 is 0. The summed E-state index contributed by atoms with van der Waals surface area (Å²) in [5, 5.41) is 0. The molecule has 1 aromatic rings. The number of piperidine rings is 1. The van der Waals surface area contributed by atoms with Crippen molar-refractivity contribution >= 4 is 11.7 Å². The van der Waals surface area contributed by atoms with Gasteiger partial charge in [0, 0.05) is 31.1 Å². The maximum absolute atomic E-state index is 13.3. The Kier molecular flexibility index (Phi) is 4.42. The van der Waals surface area contributed by atoms with Crippen LogP contribution in [-0.4, -0.2) is 47.7 Å². The van der Waals surface area contributed by atoms with E-state index in [0.717, 1.165) is 51.6 Å². The lowest BCUT2D eigenvalue weighted by Crippen LogP contribution is -2.60. The zero-order chi connectivity index (χ0) is 18.4. The molecule has 0 radical (unpaired) electrons. The van der Waals surface area contributed by atoms with E-state index in [1.54, 1.807) is 0 Å². The largest absolute Gasteiger partial charge is 0.341 e. The number of carbonyl (C=O) groups excluding carboxylic acids is 2. The first-order valence-corrected chi connectivity index (χ1v) is 10.1. The molecule has 140 valence electrons. The van der Waals surface area contributed by atoms with Crippen molar-refractivity contribution in [3.8, 4) is 0 Å². The molecule has 1 amide bonds. The van der Waals surface area contributed by atoms with Gasteiger partial charge in [-0.2, -0.15) is 0 Å². The van der Waals surface area contributed by atoms with Crippen molar-refractivity contribution < 1.29 is 9.59 Å². The van der Waals surface area contributed by atoms with Gasteiger partial charge >= 0.3 is 0 Å². The first kappa shape index (κ1) is 17.7. The second-order valence-electron chi connectivity index (χ2n) is 8.64. The van der Waals surface area contributed by atoms with E-state index in [1.165, 1.54) is 5.56 Å². The van der Waals surface area contributed by atoms with Crippen LogP contribution in [0.5, 0.6) is 0 Å². The molecule has 1 aromatic carbocycles. The number of carbonyl (C=O) groups is 2. The van der Waals surface area contributed by atoms with Gasteiger partial charge in [0.25, 0.3) is 0 Å². The van der Waals surface area contributed by atoms with Crippen molar-refractivity contribution in [3.63, 3.8) is 0 Å². The number of Topliss-reactive ketones (excluding diaryl/α,β-unsaturated/α-hetero) is 1. The van der Waals surface area contributed by atoms with Crippen molar-refractivity contribution in [3.05, 3.63) is 35.9 Å². The topological polar surface area (TPSA) is 40.6 Å². The fraction of sp³-hybridized carbons (Fsp3) is 0.636. The van der Waals surface area contributed by atoms with Gasteiger partial charge in [0.05, 0.1) is 0 Å². The number of hydrogen-bond acceptors (Lipinski definition) is 3. The number of rotatable bonds is 4. The summed E-state index contributed by atoms with van der Waals surface area (Å²) >= 11 is 0. The van der Waals surface area contributed by atoms with Crippen LogP contribution in [0, 0.1) is 10.8 Å². The Labute approximate surface area is 156 Å². The van der Waals surface area contributed by atoms with Crippen molar-refractivity contribution in [2.24, 2.45) is 10.8 Å². The predicted molar refractivity (Wildman–Crippen MR) is 102 cm³/mol. The van der Waals surface area contributed by atoms with E-state index >= 15 is 0 Å². The lowest BCUT2D eigenvalue weighted by atomic mass is 9.63. The highest BCUT2D eigenvalue weighted by molar-refractivity contribution is 6.13. The van der Waals surface area contributed by atoms with E-state index in [4.69, 9.17) is 0 Å². The molecule has 4 nitrogen and oxygen atoms in total. The molecule has 3 aliphatic rings. The summed E-state index contributed by atoms with van der Waals surface area (Å²) in [4.78, 5) is 30.3. The van der Waals surface area contributed by atoms with Crippen molar-refractivity contribution in [2.75, 3.05) is 20.1 Å². The van der Waals surface area contributed by atoms with Crippen LogP contribution in [0.3, 0.4) is 0 Å². The highest BCUT2D eigenvalue weighted by Crippen LogP contribution is 2.58. The quantitative estimate of drug-likeness (QED) is 0.779. The number of nitrogens with zero attached hydrogens (tertiary/aromatic N) is 2. The van der Waals surface area contributed by atoms with Crippen LogP contribution in [0.25, 0.3) is 0 Å². The monoisotopic (exact) mass is 354 g/mol. The molecule has 2 saturated carbocycles. The Morgan fingerprint density at radius 1 is 1.08 bits per heavy atom. The van der Waals surface area contributed by atoms with Crippen molar-refractivity contribution in [1.82, 2.24) is 9.80 Å². The maximum atomic E-state index is 13.3. The Morgan fingerprint density at radius 2 is 1.73 bits per heavy atom. The highest BCUT2D eigenvalue weighted by Gasteiger charge is 2.66. The molecule has 1 heterocycles. The maximum Gasteiger partial charge on any atom is 0.236 e. The van der Waals surface area contributed by atoms with Gasteiger partial charge < -0.3 is 4.90 Å². The van der Waals surface area contributed by atoms with Crippen LogP contribution >= 0.6 is 0 Å². The summed E-state index contributed by atoms with van der Waals surface area (Å²) in [5.74, 6) is 0.391. The minimum absolute atomic E-state index is 0.110. The first-order valence-electron chi connectivity index (χ1n) is 10.1. The Balaban J connectivity index is 1.44. The van der Waals surface area contributed by atoms with Crippen molar-refractivity contribution in [2.45, 2.75) is 58.0 Å². The predicted octanol–water partition coefficient (Wildman–Crippen LogP) is 3.26. The highest BCUT2D eigenvalue weighted by atomic mass is 16.2. The van der Waals surface area contributed by atoms with E-state index in [0.29, 0.717) is 12.6 Å². The first-order chi connectivity index (χ1) is 12.5. The molecule has 3 fully saturated rings. The van der Waals surface area contributed by atoms with Gasteiger partial charge in [-0.05, 0) is 58.1 Å². The zero-order valence-electron chi connectivity index (χ0n) is 16.0. The summed E-state index contributed by atoms with van der Waals surface area (Å²) in [6.45, 7) is 4.37. The number of hydrogen-bond donors (Lipinski definition) is 0. The second kappa shape index (κ2) is 6.49. The molecule has 4 rings (SSSR count). The molecule has 4 heteroatoms. The van der Waals surface area contributed by atoms with Crippen LogP contribution in [0.4, 0.5) is 0 Å². The molecular weight excluding hydrogens is 324 g/mol. The van der Waals surface area contributed by atoms with Crippen LogP contribution in [0.15, 0.2) is 30.3 Å². The van der Waals surface area contributed by atoms with Crippen LogP contribution in [-0.2, 0) is 16.1 Å². The zero-order valence-corrected chi connectivity index (χ0v) is 16.0. The molecule has 0 atom stereocenters. The molecule has 2 aliphatic carbocycles. The Hall–Kier alpha value is -1.68. The molecule has 1 saturated heterocycles. The molecule has 1 aliphatic heterocycles. The van der Waals surface area contributed by atoms with Gasteiger partial charge in [0.1, 0.15) is 5.41 Å². The number of amides is 1. The minimum Gasteiger partial charge on any atom is -0.341 e. The normalized spacial score (nSPS) is 30.4. The smallest absolute Gasteiger partial charge is 0.236 e. The third-order valence-electron chi connectivity index (χ3n) is 7.05. The van der Waals surface area contributed by atoms with E-state index < -0.39 is 5.41 Å². The molecule has 0 aromatic heterocycles. The van der Waals surface area contributed by atoms with Crippen LogP contribution in [0.2, 0.25) is 0 Å². The second-order valence-corrected chi connectivity index (χ2v) is 8.64. The van der Waals surface area contributed by atoms with Crippen LogP contribution in [0.1, 0.15) is 51.0 Å². The third kappa shape index (κ3) is 2.79. The molecule has 0 bridgehead atoms. The van der Waals surface area contributed by atoms with Gasteiger partial charge in [-0.25, -0.2) is 0 Å². The van der Waals surface area contributed by atoms with E-state index in [1.807, 2.05) is 11.8 Å². The van der Waals surface area contributed by atoms with Gasteiger partial charge in [0.15, 0.2) is 5.78 Å². The minimum atomic E-state index is -0.628. The third-order valence-corrected chi connectivity index (χ3v) is 7.05. The summed E-state index contributed by atoms with van der Waals surface area (Å²) in [6, 6.07) is 11.1. The molecule has 0 unspecified atom stereocenters. The Bertz CT molecular complexity index is 687. The van der Waals surface area contributed by atoms with Gasteiger partial charge in [-0.3, -0.25) is 14.5 Å². The summed E-state index contributed by atoms with van der Waals surface area (Å²) in [7, 11) is 2.20. The molecular formula is C22H30N2O2. The average molecular weight is 354 g/mol. The van der Waals surface area contributed by atoms with Gasteiger partial charge in [-0.1, -0.05) is 30.3 Å². The summed E-state index contributed by atoms with van der Waals surface area (Å²) in [6.07, 6.45) is 5.52. The average Bonchev–Trinajstić information content (AvgIpc) is 3.47. The van der Waals surface area contributed by atoms with Crippen molar-refractivity contribution in [1.29, 1.82) is 0 Å². The van der Waals surface area contributed by atoms with Crippen LogP contribution < -0.4 is 0 Å². The molecule has 26 heavy (non-hydrogen) atoms.